The van der Waals surface area contributed by atoms with Gasteiger partial charge in [0.2, 0.25) is 0 Å². The summed E-state index contributed by atoms with van der Waals surface area (Å²) < 4.78 is 0. The molecule has 20 heavy (non-hydrogen) atoms. The van der Waals surface area contributed by atoms with Crippen molar-refractivity contribution < 1.29 is 10.2 Å². The molecule has 0 unspecified atom stereocenters. The summed E-state index contributed by atoms with van der Waals surface area (Å²) in [5.74, 6) is 1.85. The molecule has 0 aliphatic heterocycles. The van der Waals surface area contributed by atoms with Gasteiger partial charge >= 0.3 is 0 Å². The van der Waals surface area contributed by atoms with E-state index in [1.165, 1.54) is 25.7 Å². The molecule has 3 saturated carbocycles. The van der Waals surface area contributed by atoms with Gasteiger partial charge in [0.1, 0.15) is 0 Å². The zero-order valence-corrected chi connectivity index (χ0v) is 12.6. The van der Waals surface area contributed by atoms with Crippen LogP contribution in [-0.2, 0) is 0 Å². The Kier molecular flexibility index (Phi) is 2.89. The van der Waals surface area contributed by atoms with Gasteiger partial charge in [-0.25, -0.2) is 0 Å². The fourth-order valence-electron chi connectivity index (χ4n) is 6.14. The molecule has 0 heterocycles. The van der Waals surface area contributed by atoms with Gasteiger partial charge in [-0.1, -0.05) is 31.4 Å². The molecule has 6 atom stereocenters. The predicted octanol–water partition coefficient (Wildman–Crippen LogP) is 3.43. The fraction of sp³-hybridized carbons (Fsp3) is 0.889. The van der Waals surface area contributed by atoms with Crippen molar-refractivity contribution >= 4 is 0 Å². The highest BCUT2D eigenvalue weighted by Gasteiger charge is 2.56. The molecular weight excluding hydrogens is 248 g/mol. The van der Waals surface area contributed by atoms with Crippen LogP contribution in [0, 0.1) is 23.2 Å². The fourth-order valence-corrected chi connectivity index (χ4v) is 6.14. The summed E-state index contributed by atoms with van der Waals surface area (Å²) in [7, 11) is 0. The summed E-state index contributed by atoms with van der Waals surface area (Å²) in [6.07, 6.45) is 12.3. The third-order valence-corrected chi connectivity index (χ3v) is 7.34. The molecule has 2 N–H and O–H groups in total. The maximum atomic E-state index is 11.0. The van der Waals surface area contributed by atoms with E-state index in [2.05, 4.69) is 13.0 Å². The van der Waals surface area contributed by atoms with E-state index in [1.807, 2.05) is 0 Å². The first-order valence-electron chi connectivity index (χ1n) is 8.66. The van der Waals surface area contributed by atoms with Crippen molar-refractivity contribution in [1.29, 1.82) is 0 Å². The van der Waals surface area contributed by atoms with Crippen LogP contribution in [-0.4, -0.2) is 21.9 Å². The van der Waals surface area contributed by atoms with Crippen LogP contribution in [0.15, 0.2) is 11.6 Å². The molecule has 112 valence electrons. The third kappa shape index (κ3) is 1.64. The van der Waals surface area contributed by atoms with E-state index in [9.17, 15) is 10.2 Å². The number of aliphatic hydroxyl groups excluding tert-OH is 1. The monoisotopic (exact) mass is 276 g/mol. The van der Waals surface area contributed by atoms with Crippen LogP contribution in [0.25, 0.3) is 0 Å². The summed E-state index contributed by atoms with van der Waals surface area (Å²) in [5, 5.41) is 21.4. The van der Waals surface area contributed by atoms with Crippen LogP contribution in [0.5, 0.6) is 0 Å². The predicted molar refractivity (Wildman–Crippen MR) is 79.2 cm³/mol. The van der Waals surface area contributed by atoms with E-state index in [0.717, 1.165) is 32.1 Å². The average Bonchev–Trinajstić information content (AvgIpc) is 2.74. The Bertz CT molecular complexity index is 443. The lowest BCUT2D eigenvalue weighted by molar-refractivity contribution is -0.125. The van der Waals surface area contributed by atoms with E-state index in [-0.39, 0.29) is 17.1 Å². The zero-order valence-electron chi connectivity index (χ0n) is 12.6. The maximum Gasteiger partial charge on any atom is 0.0678 e. The molecule has 2 heteroatoms. The highest BCUT2D eigenvalue weighted by Crippen LogP contribution is 2.61. The molecule has 4 rings (SSSR count). The Labute approximate surface area is 122 Å². The van der Waals surface area contributed by atoms with Crippen molar-refractivity contribution in [3.8, 4) is 0 Å². The van der Waals surface area contributed by atoms with Gasteiger partial charge < -0.3 is 10.2 Å². The SMILES string of the molecule is C[C@]12CC[C@@H]3[C@H]4CCCC[C@]4(O)CC[C@H]3C1=CC[C@@H]2O. The largest absolute Gasteiger partial charge is 0.392 e. The summed E-state index contributed by atoms with van der Waals surface area (Å²) in [6, 6.07) is 0. The second-order valence-electron chi connectivity index (χ2n) is 8.13. The number of fused-ring (bicyclic) bond motifs is 5. The van der Waals surface area contributed by atoms with Crippen LogP contribution >= 0.6 is 0 Å². The molecule has 3 fully saturated rings. The molecule has 0 bridgehead atoms. The molecule has 0 radical (unpaired) electrons. The van der Waals surface area contributed by atoms with Crippen molar-refractivity contribution in [1.82, 2.24) is 0 Å². The Morgan fingerprint density at radius 3 is 2.80 bits per heavy atom. The van der Waals surface area contributed by atoms with Gasteiger partial charge in [0.05, 0.1) is 11.7 Å². The summed E-state index contributed by atoms with van der Waals surface area (Å²) in [5.41, 5.74) is 1.24. The molecule has 0 aromatic carbocycles. The number of rotatable bonds is 0. The highest BCUT2D eigenvalue weighted by molar-refractivity contribution is 5.30. The highest BCUT2D eigenvalue weighted by atomic mass is 16.3. The average molecular weight is 276 g/mol. The van der Waals surface area contributed by atoms with Gasteiger partial charge in [0, 0.05) is 5.41 Å². The second kappa shape index (κ2) is 4.33. The summed E-state index contributed by atoms with van der Waals surface area (Å²) >= 11 is 0. The minimum absolute atomic E-state index is 0.0469. The lowest BCUT2D eigenvalue weighted by Gasteiger charge is -2.56. The first-order valence-corrected chi connectivity index (χ1v) is 8.66. The number of aliphatic hydroxyl groups is 2. The minimum atomic E-state index is -0.356. The molecule has 0 spiro atoms. The Balaban J connectivity index is 1.65. The number of hydrogen-bond acceptors (Lipinski definition) is 2. The maximum absolute atomic E-state index is 11.0. The molecule has 2 nitrogen and oxygen atoms in total. The Morgan fingerprint density at radius 1 is 1.10 bits per heavy atom. The Hall–Kier alpha value is -0.340. The molecule has 4 aliphatic carbocycles. The molecule has 0 aromatic heterocycles. The first-order chi connectivity index (χ1) is 9.55. The van der Waals surface area contributed by atoms with Gasteiger partial charge in [0.15, 0.2) is 0 Å². The van der Waals surface area contributed by atoms with E-state index in [4.69, 9.17) is 0 Å². The van der Waals surface area contributed by atoms with Crippen molar-refractivity contribution in [2.24, 2.45) is 23.2 Å². The lowest BCUT2D eigenvalue weighted by Crippen LogP contribution is -2.53. The van der Waals surface area contributed by atoms with Crippen molar-refractivity contribution in [2.75, 3.05) is 0 Å². The summed E-state index contributed by atoms with van der Waals surface area (Å²) in [4.78, 5) is 0. The van der Waals surface area contributed by atoms with Gasteiger partial charge in [-0.2, -0.15) is 0 Å². The lowest BCUT2D eigenvalue weighted by atomic mass is 9.51. The van der Waals surface area contributed by atoms with Crippen LogP contribution in [0.4, 0.5) is 0 Å². The molecule has 0 saturated heterocycles. The van der Waals surface area contributed by atoms with E-state index in [0.29, 0.717) is 17.8 Å². The van der Waals surface area contributed by atoms with Gasteiger partial charge in [-0.15, -0.1) is 0 Å². The topological polar surface area (TPSA) is 40.5 Å². The van der Waals surface area contributed by atoms with Crippen molar-refractivity contribution in [3.63, 3.8) is 0 Å². The number of hydrogen-bond donors (Lipinski definition) is 2. The van der Waals surface area contributed by atoms with Crippen LogP contribution < -0.4 is 0 Å². The van der Waals surface area contributed by atoms with Crippen molar-refractivity contribution in [2.45, 2.75) is 76.4 Å². The molecule has 4 aliphatic rings. The van der Waals surface area contributed by atoms with Gasteiger partial charge in [-0.3, -0.25) is 0 Å². The zero-order chi connectivity index (χ0) is 14.0. The second-order valence-corrected chi connectivity index (χ2v) is 8.13. The van der Waals surface area contributed by atoms with E-state index < -0.39 is 0 Å². The van der Waals surface area contributed by atoms with Crippen LogP contribution in [0.3, 0.4) is 0 Å². The first kappa shape index (κ1) is 13.3. The molecule has 0 amide bonds. The van der Waals surface area contributed by atoms with Gasteiger partial charge in [-0.05, 0) is 62.7 Å². The van der Waals surface area contributed by atoms with Crippen LogP contribution in [0.1, 0.15) is 64.7 Å². The minimum Gasteiger partial charge on any atom is -0.392 e. The van der Waals surface area contributed by atoms with Crippen LogP contribution in [0.2, 0.25) is 0 Å². The molecule has 0 aromatic rings. The third-order valence-electron chi connectivity index (χ3n) is 7.34. The molecular formula is C18H28O2. The Morgan fingerprint density at radius 2 is 1.95 bits per heavy atom. The van der Waals surface area contributed by atoms with E-state index in [1.54, 1.807) is 5.57 Å². The van der Waals surface area contributed by atoms with Crippen molar-refractivity contribution in [3.05, 3.63) is 11.6 Å². The standard InChI is InChI=1S/C18H28O2/c1-17-10-7-13-12(14(17)5-6-16(17)19)8-11-18(20)9-3-2-4-15(13)18/h5,12-13,15-16,19-20H,2-4,6-11H2,1H3/t12-,13+,15-,16+,17+,18+/m1/s1. The van der Waals surface area contributed by atoms with Gasteiger partial charge in [0.25, 0.3) is 0 Å². The normalized spacial score (nSPS) is 54.6. The summed E-state index contributed by atoms with van der Waals surface area (Å²) in [6.45, 7) is 2.27. The quantitative estimate of drug-likeness (QED) is 0.666. The smallest absolute Gasteiger partial charge is 0.0678 e. The van der Waals surface area contributed by atoms with E-state index >= 15 is 0 Å².